The van der Waals surface area contributed by atoms with Crippen molar-refractivity contribution in [3.63, 3.8) is 0 Å². The number of halogens is 1. The molecule has 3 N–H and O–H groups in total. The number of carboxylic acid groups (broad SMARTS) is 2. The molecule has 0 heterocycles. The Kier molecular flexibility index (Phi) is 2.11. The minimum absolute atomic E-state index is 0.348. The summed E-state index contributed by atoms with van der Waals surface area (Å²) in [6.07, 6.45) is -1.92. The summed E-state index contributed by atoms with van der Waals surface area (Å²) in [5.41, 5.74) is 3.16. The fourth-order valence-corrected chi connectivity index (χ4v) is 2.80. The van der Waals surface area contributed by atoms with Gasteiger partial charge in [-0.2, -0.15) is 0 Å². The minimum atomic E-state index is -2.73. The Hall–Kier alpha value is -1.86. The van der Waals surface area contributed by atoms with E-state index in [0.717, 1.165) is 0 Å². The number of carbonyl (C=O) groups is 2. The van der Waals surface area contributed by atoms with Gasteiger partial charge in [-0.3, -0.25) is 4.79 Å². The van der Waals surface area contributed by atoms with Crippen molar-refractivity contribution in [3.05, 3.63) is 10.4 Å². The number of fused-ring (bicyclic) bond motifs is 1. The average Bonchev–Trinajstić information content (AvgIpc) is 2.67. The third kappa shape index (κ3) is 1.07. The molecule has 0 aromatic carbocycles. The van der Waals surface area contributed by atoms with Crippen LogP contribution in [0.15, 0.2) is 5.11 Å². The SMILES string of the molecule is [N-]=[N+]=N[C@@]1(C(=O)O)[C@H](O)C[C@@H]2[C@H]1[C@@]2(F)C(=O)O. The fraction of sp³-hybridized carbons (Fsp3) is 0.750. The lowest BCUT2D eigenvalue weighted by Gasteiger charge is -2.27. The van der Waals surface area contributed by atoms with Gasteiger partial charge in [0, 0.05) is 16.7 Å². The Morgan fingerprint density at radius 2 is 2.00 bits per heavy atom. The van der Waals surface area contributed by atoms with Crippen molar-refractivity contribution >= 4 is 11.9 Å². The normalized spacial score (nSPS) is 46.8. The molecular formula is C8H8FN3O5. The van der Waals surface area contributed by atoms with E-state index in [1.54, 1.807) is 0 Å². The highest BCUT2D eigenvalue weighted by Crippen LogP contribution is 2.68. The molecule has 2 aliphatic rings. The molecule has 5 atom stereocenters. The quantitative estimate of drug-likeness (QED) is 0.362. The van der Waals surface area contributed by atoms with Crippen LogP contribution in [0.25, 0.3) is 10.4 Å². The maximum absolute atomic E-state index is 13.9. The number of azide groups is 1. The number of aliphatic hydroxyl groups excluding tert-OH is 1. The van der Waals surface area contributed by atoms with Crippen LogP contribution in [0.3, 0.4) is 0 Å². The van der Waals surface area contributed by atoms with Crippen LogP contribution in [0.5, 0.6) is 0 Å². The molecule has 0 amide bonds. The number of hydrogen-bond donors (Lipinski definition) is 3. The van der Waals surface area contributed by atoms with Crippen molar-refractivity contribution in [2.24, 2.45) is 17.0 Å². The van der Waals surface area contributed by atoms with Crippen molar-refractivity contribution in [1.29, 1.82) is 0 Å². The molecule has 0 unspecified atom stereocenters. The van der Waals surface area contributed by atoms with E-state index in [9.17, 15) is 19.1 Å². The molecule has 0 saturated heterocycles. The lowest BCUT2D eigenvalue weighted by molar-refractivity contribution is -0.153. The summed E-state index contributed by atoms with van der Waals surface area (Å²) in [5.74, 6) is -6.15. The number of rotatable bonds is 3. The summed E-state index contributed by atoms with van der Waals surface area (Å²) >= 11 is 0. The van der Waals surface area contributed by atoms with Gasteiger partial charge in [-0.15, -0.1) is 0 Å². The Morgan fingerprint density at radius 1 is 1.41 bits per heavy atom. The molecule has 0 aliphatic heterocycles. The van der Waals surface area contributed by atoms with Gasteiger partial charge in [0.15, 0.2) is 5.54 Å². The molecule has 2 fully saturated rings. The highest BCUT2D eigenvalue weighted by atomic mass is 19.1. The minimum Gasteiger partial charge on any atom is -0.481 e. The molecule has 9 heteroatoms. The van der Waals surface area contributed by atoms with Gasteiger partial charge in [-0.25, -0.2) is 9.18 Å². The van der Waals surface area contributed by atoms with Gasteiger partial charge in [0.1, 0.15) is 0 Å². The van der Waals surface area contributed by atoms with Gasteiger partial charge in [0.05, 0.1) is 6.10 Å². The summed E-state index contributed by atoms with van der Waals surface area (Å²) in [6.45, 7) is 0. The Morgan fingerprint density at radius 3 is 2.41 bits per heavy atom. The second kappa shape index (κ2) is 3.08. The maximum atomic E-state index is 13.9. The van der Waals surface area contributed by atoms with Crippen molar-refractivity contribution in [2.45, 2.75) is 23.7 Å². The van der Waals surface area contributed by atoms with Crippen LogP contribution in [0, 0.1) is 11.8 Å². The predicted octanol–water partition coefficient (Wildman–Crippen LogP) is -0.0764. The Labute approximate surface area is 93.3 Å². The van der Waals surface area contributed by atoms with Crippen LogP contribution in [0.1, 0.15) is 6.42 Å². The maximum Gasteiger partial charge on any atom is 0.342 e. The first-order chi connectivity index (χ1) is 7.83. The standard InChI is InChI=1S/C8H8FN3O5/c9-7(5(14)15)2-1-3(13)8(4(2)7,6(16)17)11-12-10/h2-4,13H,1H2,(H,14,15)(H,16,17)/t2-,3-,4+,7-,8+/m1/s1. The lowest BCUT2D eigenvalue weighted by Crippen LogP contribution is -2.50. The molecule has 2 rings (SSSR count). The fourth-order valence-electron chi connectivity index (χ4n) is 2.80. The Bertz CT molecular complexity index is 460. The van der Waals surface area contributed by atoms with E-state index in [1.165, 1.54) is 0 Å². The number of nitrogens with zero attached hydrogens (tertiary/aromatic N) is 3. The molecule has 2 aliphatic carbocycles. The van der Waals surface area contributed by atoms with Gasteiger partial charge in [0.25, 0.3) is 0 Å². The zero-order valence-corrected chi connectivity index (χ0v) is 8.32. The third-order valence-electron chi connectivity index (χ3n) is 3.63. The first kappa shape index (κ1) is 11.6. The smallest absolute Gasteiger partial charge is 0.342 e. The van der Waals surface area contributed by atoms with Gasteiger partial charge >= 0.3 is 11.9 Å². The van der Waals surface area contributed by atoms with E-state index in [2.05, 4.69) is 10.0 Å². The van der Waals surface area contributed by atoms with Crippen LogP contribution < -0.4 is 0 Å². The Balaban J connectivity index is 2.50. The lowest BCUT2D eigenvalue weighted by atomic mass is 9.88. The zero-order chi connectivity index (χ0) is 13.0. The topological polar surface area (TPSA) is 144 Å². The molecule has 0 radical (unpaired) electrons. The largest absolute Gasteiger partial charge is 0.481 e. The van der Waals surface area contributed by atoms with Crippen LogP contribution in [-0.2, 0) is 9.59 Å². The second-order valence-electron chi connectivity index (χ2n) is 4.23. The van der Waals surface area contributed by atoms with E-state index in [4.69, 9.17) is 15.7 Å². The number of hydrogen-bond acceptors (Lipinski definition) is 4. The molecule has 92 valence electrons. The van der Waals surface area contributed by atoms with Gasteiger partial charge in [-0.05, 0) is 12.0 Å². The molecule has 0 bridgehead atoms. The summed E-state index contributed by atoms with van der Waals surface area (Å²) in [5, 5.41) is 30.2. The zero-order valence-electron chi connectivity index (χ0n) is 8.32. The van der Waals surface area contributed by atoms with Crippen LogP contribution in [0.4, 0.5) is 4.39 Å². The van der Waals surface area contributed by atoms with E-state index >= 15 is 0 Å². The average molecular weight is 245 g/mol. The summed E-state index contributed by atoms with van der Waals surface area (Å²) in [4.78, 5) is 24.1. The molecule has 8 nitrogen and oxygen atoms in total. The van der Waals surface area contributed by atoms with E-state index in [-0.39, 0.29) is 6.42 Å². The first-order valence-corrected chi connectivity index (χ1v) is 4.73. The number of aliphatic hydroxyl groups is 1. The summed E-state index contributed by atoms with van der Waals surface area (Å²) < 4.78 is 13.9. The summed E-state index contributed by atoms with van der Waals surface area (Å²) in [7, 11) is 0. The van der Waals surface area contributed by atoms with Gasteiger partial charge < -0.3 is 15.3 Å². The second-order valence-corrected chi connectivity index (χ2v) is 4.23. The van der Waals surface area contributed by atoms with Gasteiger partial charge in [-0.1, -0.05) is 5.11 Å². The van der Waals surface area contributed by atoms with Crippen LogP contribution in [0.2, 0.25) is 0 Å². The monoisotopic (exact) mass is 245 g/mol. The molecule has 0 aromatic heterocycles. The third-order valence-corrected chi connectivity index (χ3v) is 3.63. The van der Waals surface area contributed by atoms with E-state index in [1.807, 2.05) is 0 Å². The van der Waals surface area contributed by atoms with Gasteiger partial charge in [0.2, 0.25) is 5.67 Å². The van der Waals surface area contributed by atoms with Crippen molar-refractivity contribution in [1.82, 2.24) is 0 Å². The summed E-state index contributed by atoms with van der Waals surface area (Å²) in [6, 6.07) is 0. The van der Waals surface area contributed by atoms with E-state index in [0.29, 0.717) is 0 Å². The number of carboxylic acids is 2. The molecule has 17 heavy (non-hydrogen) atoms. The van der Waals surface area contributed by atoms with Crippen LogP contribution in [-0.4, -0.2) is 44.6 Å². The van der Waals surface area contributed by atoms with Crippen LogP contribution >= 0.6 is 0 Å². The first-order valence-electron chi connectivity index (χ1n) is 4.73. The molecular weight excluding hydrogens is 237 g/mol. The van der Waals surface area contributed by atoms with Crippen molar-refractivity contribution in [3.8, 4) is 0 Å². The van der Waals surface area contributed by atoms with E-state index < -0.39 is 41.1 Å². The molecule has 0 spiro atoms. The molecule has 0 aromatic rings. The molecule has 2 saturated carbocycles. The predicted molar refractivity (Wildman–Crippen MR) is 48.6 cm³/mol. The highest BCUT2D eigenvalue weighted by molar-refractivity contribution is 5.90. The van der Waals surface area contributed by atoms with Crippen molar-refractivity contribution in [2.75, 3.05) is 0 Å². The number of aliphatic carboxylic acids is 2. The number of alkyl halides is 1. The van der Waals surface area contributed by atoms with Crippen molar-refractivity contribution < 1.29 is 29.3 Å². The highest BCUT2D eigenvalue weighted by Gasteiger charge is 2.85.